The molecule has 1 aliphatic rings. The SMILES string of the molecule is COC(=O)/C=C/c1ccc(N2CCN(c3ncccc3C#N)CC2)c([N+](=O)[O-])c1. The number of ether oxygens (including phenoxy) is 1. The van der Waals surface area contributed by atoms with Gasteiger partial charge in [-0.05, 0) is 29.8 Å². The van der Waals surface area contributed by atoms with E-state index in [0.29, 0.717) is 48.8 Å². The largest absolute Gasteiger partial charge is 0.466 e. The van der Waals surface area contributed by atoms with Crippen molar-refractivity contribution in [2.24, 2.45) is 0 Å². The van der Waals surface area contributed by atoms with Gasteiger partial charge in [0.1, 0.15) is 17.6 Å². The van der Waals surface area contributed by atoms with E-state index in [2.05, 4.69) is 15.8 Å². The topological polar surface area (TPSA) is 113 Å². The summed E-state index contributed by atoms with van der Waals surface area (Å²) in [5.74, 6) is 0.103. The van der Waals surface area contributed by atoms with E-state index in [1.165, 1.54) is 25.3 Å². The van der Waals surface area contributed by atoms with Crippen LogP contribution in [-0.4, -0.2) is 49.2 Å². The van der Waals surface area contributed by atoms with Gasteiger partial charge in [0, 0.05) is 44.5 Å². The minimum Gasteiger partial charge on any atom is -0.466 e. The lowest BCUT2D eigenvalue weighted by molar-refractivity contribution is -0.384. The van der Waals surface area contributed by atoms with Crippen LogP contribution in [0, 0.1) is 21.4 Å². The van der Waals surface area contributed by atoms with Crippen LogP contribution in [0.4, 0.5) is 17.2 Å². The highest BCUT2D eigenvalue weighted by Gasteiger charge is 2.25. The Morgan fingerprint density at radius 2 is 2.00 bits per heavy atom. The Morgan fingerprint density at radius 3 is 2.66 bits per heavy atom. The molecule has 1 fully saturated rings. The molecule has 3 rings (SSSR count). The second-order valence-electron chi connectivity index (χ2n) is 6.32. The number of hydrogen-bond acceptors (Lipinski definition) is 8. The first-order chi connectivity index (χ1) is 14.0. The van der Waals surface area contributed by atoms with Crippen LogP contribution in [-0.2, 0) is 9.53 Å². The smallest absolute Gasteiger partial charge is 0.330 e. The summed E-state index contributed by atoms with van der Waals surface area (Å²) in [6.07, 6.45) is 4.34. The molecule has 2 aromatic rings. The first-order valence-electron chi connectivity index (χ1n) is 8.93. The number of methoxy groups -OCH3 is 1. The van der Waals surface area contributed by atoms with Gasteiger partial charge in [-0.2, -0.15) is 5.26 Å². The summed E-state index contributed by atoms with van der Waals surface area (Å²) >= 11 is 0. The Labute approximate surface area is 167 Å². The zero-order chi connectivity index (χ0) is 20.8. The molecule has 1 aliphatic heterocycles. The number of benzene rings is 1. The molecule has 1 aromatic carbocycles. The van der Waals surface area contributed by atoms with E-state index < -0.39 is 10.9 Å². The van der Waals surface area contributed by atoms with E-state index >= 15 is 0 Å². The van der Waals surface area contributed by atoms with Gasteiger partial charge in [0.15, 0.2) is 0 Å². The van der Waals surface area contributed by atoms with Crippen LogP contribution in [0.5, 0.6) is 0 Å². The molecule has 0 atom stereocenters. The Morgan fingerprint density at radius 1 is 1.28 bits per heavy atom. The number of carbonyl (C=O) groups excluding carboxylic acids is 1. The molecule has 0 amide bonds. The van der Waals surface area contributed by atoms with Crippen molar-refractivity contribution in [1.82, 2.24) is 4.98 Å². The number of piperazine rings is 1. The second kappa shape index (κ2) is 8.84. The summed E-state index contributed by atoms with van der Waals surface area (Å²) in [4.78, 5) is 30.6. The van der Waals surface area contributed by atoms with Gasteiger partial charge in [-0.25, -0.2) is 9.78 Å². The molecule has 148 valence electrons. The fourth-order valence-corrected chi connectivity index (χ4v) is 3.19. The van der Waals surface area contributed by atoms with Gasteiger partial charge in [-0.15, -0.1) is 0 Å². The Kier molecular flexibility index (Phi) is 6.04. The number of carbonyl (C=O) groups is 1. The Balaban J connectivity index is 1.78. The van der Waals surface area contributed by atoms with E-state index in [9.17, 15) is 20.2 Å². The lowest BCUT2D eigenvalue weighted by atomic mass is 10.1. The molecule has 9 heteroatoms. The summed E-state index contributed by atoms with van der Waals surface area (Å²) in [5, 5.41) is 20.8. The Bertz CT molecular complexity index is 991. The number of anilines is 2. The molecule has 29 heavy (non-hydrogen) atoms. The van der Waals surface area contributed by atoms with Crippen molar-refractivity contribution in [3.05, 3.63) is 63.8 Å². The van der Waals surface area contributed by atoms with E-state index in [1.807, 2.05) is 9.80 Å². The maximum absolute atomic E-state index is 11.6. The highest BCUT2D eigenvalue weighted by atomic mass is 16.6. The van der Waals surface area contributed by atoms with Gasteiger partial charge >= 0.3 is 5.97 Å². The van der Waals surface area contributed by atoms with Gasteiger partial charge in [0.05, 0.1) is 17.6 Å². The van der Waals surface area contributed by atoms with Crippen molar-refractivity contribution in [2.45, 2.75) is 0 Å². The number of hydrogen-bond donors (Lipinski definition) is 0. The molecule has 1 aromatic heterocycles. The summed E-state index contributed by atoms with van der Waals surface area (Å²) in [7, 11) is 1.27. The van der Waals surface area contributed by atoms with Crippen LogP contribution in [0.1, 0.15) is 11.1 Å². The Hall–Kier alpha value is -3.93. The van der Waals surface area contributed by atoms with E-state index in [-0.39, 0.29) is 5.69 Å². The summed E-state index contributed by atoms with van der Waals surface area (Å²) in [6.45, 7) is 2.29. The normalized spacial score (nSPS) is 13.9. The van der Waals surface area contributed by atoms with Crippen molar-refractivity contribution in [2.75, 3.05) is 43.1 Å². The molecule has 2 heterocycles. The van der Waals surface area contributed by atoms with E-state index in [0.717, 1.165) is 0 Å². The number of pyridine rings is 1. The average molecular weight is 393 g/mol. The van der Waals surface area contributed by atoms with Crippen LogP contribution in [0.2, 0.25) is 0 Å². The first-order valence-corrected chi connectivity index (χ1v) is 8.93. The molecule has 0 aliphatic carbocycles. The number of nitriles is 1. The maximum atomic E-state index is 11.6. The average Bonchev–Trinajstić information content (AvgIpc) is 2.77. The fraction of sp³-hybridized carbons (Fsp3) is 0.250. The molecule has 0 N–H and O–H groups in total. The molecule has 0 spiro atoms. The van der Waals surface area contributed by atoms with Crippen molar-refractivity contribution < 1.29 is 14.5 Å². The number of esters is 1. The molecular weight excluding hydrogens is 374 g/mol. The predicted octanol–water partition coefficient (Wildman–Crippen LogP) is 2.37. The van der Waals surface area contributed by atoms with Crippen molar-refractivity contribution >= 4 is 29.2 Å². The van der Waals surface area contributed by atoms with Crippen molar-refractivity contribution in [1.29, 1.82) is 5.26 Å². The second-order valence-corrected chi connectivity index (χ2v) is 6.32. The third-order valence-corrected chi connectivity index (χ3v) is 4.64. The van der Waals surface area contributed by atoms with E-state index in [4.69, 9.17) is 0 Å². The zero-order valence-corrected chi connectivity index (χ0v) is 15.8. The molecular formula is C20H19N5O4. The van der Waals surface area contributed by atoms with Gasteiger partial charge in [-0.3, -0.25) is 10.1 Å². The van der Waals surface area contributed by atoms with Gasteiger partial charge in [0.2, 0.25) is 0 Å². The monoisotopic (exact) mass is 393 g/mol. The minimum atomic E-state index is -0.529. The highest BCUT2D eigenvalue weighted by Crippen LogP contribution is 2.31. The quantitative estimate of drug-likeness (QED) is 0.329. The van der Waals surface area contributed by atoms with E-state index in [1.54, 1.807) is 30.5 Å². The lowest BCUT2D eigenvalue weighted by Gasteiger charge is -2.36. The van der Waals surface area contributed by atoms with Crippen LogP contribution in [0.3, 0.4) is 0 Å². The summed E-state index contributed by atoms with van der Waals surface area (Å²) in [5.41, 5.74) is 1.54. The number of aromatic nitrogens is 1. The van der Waals surface area contributed by atoms with Crippen molar-refractivity contribution in [3.63, 3.8) is 0 Å². The van der Waals surface area contributed by atoms with Crippen LogP contribution in [0.25, 0.3) is 6.08 Å². The molecule has 9 nitrogen and oxygen atoms in total. The molecule has 0 saturated carbocycles. The number of nitro benzene ring substituents is 1. The van der Waals surface area contributed by atoms with Gasteiger partial charge in [-0.1, -0.05) is 6.07 Å². The number of nitro groups is 1. The number of nitrogens with zero attached hydrogens (tertiary/aromatic N) is 5. The predicted molar refractivity (Wildman–Crippen MR) is 108 cm³/mol. The summed E-state index contributed by atoms with van der Waals surface area (Å²) < 4.78 is 4.53. The fourth-order valence-electron chi connectivity index (χ4n) is 3.19. The standard InChI is InChI=1S/C20H19N5O4/c1-29-19(26)7-5-15-4-6-17(18(13-15)25(27)28)23-9-11-24(12-10-23)20-16(14-21)3-2-8-22-20/h2-8,13H,9-12H2,1H3/b7-5+. The molecule has 0 radical (unpaired) electrons. The third-order valence-electron chi connectivity index (χ3n) is 4.64. The third kappa shape index (κ3) is 4.50. The molecule has 0 unspecified atom stereocenters. The molecule has 1 saturated heterocycles. The van der Waals surface area contributed by atoms with Gasteiger partial charge < -0.3 is 14.5 Å². The van der Waals surface area contributed by atoms with Crippen LogP contribution >= 0.6 is 0 Å². The number of rotatable bonds is 5. The first kappa shape index (κ1) is 19.8. The summed E-state index contributed by atoms with van der Waals surface area (Å²) in [6, 6.07) is 10.4. The minimum absolute atomic E-state index is 0.0268. The lowest BCUT2D eigenvalue weighted by Crippen LogP contribution is -2.47. The van der Waals surface area contributed by atoms with Crippen molar-refractivity contribution in [3.8, 4) is 6.07 Å². The van der Waals surface area contributed by atoms with Crippen LogP contribution in [0.15, 0.2) is 42.6 Å². The highest BCUT2D eigenvalue weighted by molar-refractivity contribution is 5.87. The zero-order valence-electron chi connectivity index (χ0n) is 15.8. The maximum Gasteiger partial charge on any atom is 0.330 e. The molecule has 0 bridgehead atoms. The van der Waals surface area contributed by atoms with Gasteiger partial charge in [0.25, 0.3) is 5.69 Å². The van der Waals surface area contributed by atoms with Crippen LogP contribution < -0.4 is 9.80 Å².